The number of hydrogen-bond donors (Lipinski definition) is 0. The molecular formula is C22H18F2N2O3. The van der Waals surface area contributed by atoms with Gasteiger partial charge < -0.3 is 13.9 Å². The highest BCUT2D eigenvalue weighted by atomic mass is 19.2. The summed E-state index contributed by atoms with van der Waals surface area (Å²) in [7, 11) is 1.57. The van der Waals surface area contributed by atoms with Gasteiger partial charge in [-0.05, 0) is 37.3 Å². The first-order valence-corrected chi connectivity index (χ1v) is 9.26. The van der Waals surface area contributed by atoms with Gasteiger partial charge >= 0.3 is 0 Å². The second kappa shape index (κ2) is 6.62. The first-order chi connectivity index (χ1) is 14.0. The molecule has 148 valence electrons. The van der Waals surface area contributed by atoms with Crippen LogP contribution in [0, 0.1) is 18.6 Å². The molecule has 0 saturated carbocycles. The normalized spacial score (nSPS) is 20.0. The van der Waals surface area contributed by atoms with Gasteiger partial charge in [-0.25, -0.2) is 13.8 Å². The Morgan fingerprint density at radius 1 is 1.10 bits per heavy atom. The average molecular weight is 396 g/mol. The van der Waals surface area contributed by atoms with E-state index in [1.165, 1.54) is 6.07 Å². The van der Waals surface area contributed by atoms with E-state index in [0.717, 1.165) is 29.2 Å². The lowest BCUT2D eigenvalue weighted by Crippen LogP contribution is -2.34. The van der Waals surface area contributed by atoms with E-state index in [2.05, 4.69) is 0 Å². The smallest absolute Gasteiger partial charge is 0.214 e. The van der Waals surface area contributed by atoms with Crippen molar-refractivity contribution < 1.29 is 22.7 Å². The average Bonchev–Trinajstić information content (AvgIpc) is 3.35. The molecule has 1 aromatic heterocycles. The van der Waals surface area contributed by atoms with Gasteiger partial charge in [0.05, 0.1) is 13.2 Å². The van der Waals surface area contributed by atoms with Gasteiger partial charge in [0.15, 0.2) is 23.1 Å². The van der Waals surface area contributed by atoms with Crippen LogP contribution in [0.1, 0.15) is 41.3 Å². The Bertz CT molecular complexity index is 1120. The molecule has 0 amide bonds. The molecule has 0 aliphatic carbocycles. The molecule has 2 aliphatic heterocycles. The highest BCUT2D eigenvalue weighted by Gasteiger charge is 2.42. The zero-order valence-corrected chi connectivity index (χ0v) is 15.9. The maximum atomic E-state index is 13.9. The third-order valence-electron chi connectivity index (χ3n) is 5.25. The Morgan fingerprint density at radius 3 is 2.69 bits per heavy atom. The largest absolute Gasteiger partial charge is 0.493 e. The van der Waals surface area contributed by atoms with E-state index >= 15 is 0 Å². The standard InChI is InChI=1S/C22H18F2N2O3/c1-12-6-9-19(28-12)17-11-18-14-4-3-5-20(27-2)21(14)29-22(26(18)25-17)13-7-8-15(23)16(24)10-13/h3-10,18,22H,11H2,1-2H3/t18-,22+/m0/s1. The summed E-state index contributed by atoms with van der Waals surface area (Å²) in [5.74, 6) is 0.804. The molecule has 5 nitrogen and oxygen atoms in total. The molecule has 2 aromatic carbocycles. The molecule has 0 spiro atoms. The van der Waals surface area contributed by atoms with Crippen molar-refractivity contribution in [3.8, 4) is 11.5 Å². The highest BCUT2D eigenvalue weighted by molar-refractivity contribution is 5.99. The molecule has 3 heterocycles. The number of fused-ring (bicyclic) bond motifs is 3. The van der Waals surface area contributed by atoms with Gasteiger partial charge in [0, 0.05) is 17.5 Å². The molecule has 0 fully saturated rings. The van der Waals surface area contributed by atoms with Crippen LogP contribution in [-0.2, 0) is 0 Å². The maximum Gasteiger partial charge on any atom is 0.214 e. The van der Waals surface area contributed by atoms with Gasteiger partial charge in [0.1, 0.15) is 17.2 Å². The number of rotatable bonds is 3. The molecular weight excluding hydrogens is 378 g/mol. The van der Waals surface area contributed by atoms with Gasteiger partial charge in [-0.2, -0.15) is 5.10 Å². The Hall–Kier alpha value is -3.35. The van der Waals surface area contributed by atoms with E-state index in [-0.39, 0.29) is 6.04 Å². The number of para-hydroxylation sites is 1. The van der Waals surface area contributed by atoms with Crippen LogP contribution in [0.25, 0.3) is 0 Å². The summed E-state index contributed by atoms with van der Waals surface area (Å²) in [5.41, 5.74) is 2.16. The van der Waals surface area contributed by atoms with Crippen LogP contribution < -0.4 is 9.47 Å². The van der Waals surface area contributed by atoms with E-state index in [0.29, 0.717) is 29.2 Å². The summed E-state index contributed by atoms with van der Waals surface area (Å²) in [6.45, 7) is 1.87. The number of benzene rings is 2. The van der Waals surface area contributed by atoms with Crippen molar-refractivity contribution >= 4 is 5.71 Å². The van der Waals surface area contributed by atoms with Crippen molar-refractivity contribution in [1.29, 1.82) is 0 Å². The van der Waals surface area contributed by atoms with Crippen LogP contribution in [0.5, 0.6) is 11.5 Å². The number of halogens is 2. The van der Waals surface area contributed by atoms with Gasteiger partial charge in [0.25, 0.3) is 0 Å². The maximum absolute atomic E-state index is 13.9. The summed E-state index contributed by atoms with van der Waals surface area (Å²) in [4.78, 5) is 0. The molecule has 3 aromatic rings. The molecule has 5 rings (SSSR count). The predicted molar refractivity (Wildman–Crippen MR) is 102 cm³/mol. The molecule has 0 bridgehead atoms. The van der Waals surface area contributed by atoms with E-state index in [1.807, 2.05) is 37.3 Å². The minimum Gasteiger partial charge on any atom is -0.493 e. The topological polar surface area (TPSA) is 47.2 Å². The van der Waals surface area contributed by atoms with Gasteiger partial charge in [-0.15, -0.1) is 0 Å². The summed E-state index contributed by atoms with van der Waals surface area (Å²) in [6, 6.07) is 13.0. The third kappa shape index (κ3) is 2.85. The number of ether oxygens (including phenoxy) is 2. The van der Waals surface area contributed by atoms with E-state index in [9.17, 15) is 8.78 Å². The van der Waals surface area contributed by atoms with Crippen LogP contribution in [0.3, 0.4) is 0 Å². The summed E-state index contributed by atoms with van der Waals surface area (Å²) in [5, 5.41) is 6.51. The number of nitrogens with zero attached hydrogens (tertiary/aromatic N) is 2. The fraction of sp³-hybridized carbons (Fsp3) is 0.227. The number of aryl methyl sites for hydroxylation is 1. The van der Waals surface area contributed by atoms with Crippen molar-refractivity contribution in [3.05, 3.63) is 82.8 Å². The monoisotopic (exact) mass is 396 g/mol. The Morgan fingerprint density at radius 2 is 1.97 bits per heavy atom. The number of furan rings is 1. The minimum atomic E-state index is -0.932. The Balaban J connectivity index is 1.63. The Kier molecular flexibility index (Phi) is 4.04. The van der Waals surface area contributed by atoms with E-state index < -0.39 is 17.9 Å². The SMILES string of the molecule is COc1cccc2c1O[C@H](c1ccc(F)c(F)c1)N1N=C(c3ccc(C)o3)C[C@@H]21. The molecule has 7 heteroatoms. The van der Waals surface area contributed by atoms with Gasteiger partial charge in [0.2, 0.25) is 6.23 Å². The van der Waals surface area contributed by atoms with Crippen LogP contribution in [-0.4, -0.2) is 17.8 Å². The molecule has 2 atom stereocenters. The second-order valence-corrected chi connectivity index (χ2v) is 7.08. The Labute approximate surface area is 166 Å². The van der Waals surface area contributed by atoms with Crippen molar-refractivity contribution in [2.24, 2.45) is 5.10 Å². The molecule has 0 radical (unpaired) electrons. The fourth-order valence-electron chi connectivity index (χ4n) is 3.87. The first-order valence-electron chi connectivity index (χ1n) is 9.26. The third-order valence-corrected chi connectivity index (χ3v) is 5.25. The highest BCUT2D eigenvalue weighted by Crippen LogP contribution is 2.50. The molecule has 29 heavy (non-hydrogen) atoms. The van der Waals surface area contributed by atoms with Crippen LogP contribution >= 0.6 is 0 Å². The fourth-order valence-corrected chi connectivity index (χ4v) is 3.87. The number of methoxy groups -OCH3 is 1. The summed E-state index contributed by atoms with van der Waals surface area (Å²) in [6.07, 6.45) is -0.135. The number of hydrogen-bond acceptors (Lipinski definition) is 5. The van der Waals surface area contributed by atoms with Crippen LogP contribution in [0.4, 0.5) is 8.78 Å². The summed E-state index contributed by atoms with van der Waals surface area (Å²) < 4.78 is 44.9. The first kappa shape index (κ1) is 17.7. The lowest BCUT2D eigenvalue weighted by molar-refractivity contribution is -0.0211. The molecule has 0 unspecified atom stereocenters. The molecule has 0 saturated heterocycles. The lowest BCUT2D eigenvalue weighted by atomic mass is 9.97. The zero-order valence-electron chi connectivity index (χ0n) is 15.9. The molecule has 0 N–H and O–H groups in total. The van der Waals surface area contributed by atoms with Crippen molar-refractivity contribution in [1.82, 2.24) is 5.01 Å². The van der Waals surface area contributed by atoms with E-state index in [1.54, 1.807) is 12.1 Å². The van der Waals surface area contributed by atoms with Gasteiger partial charge in [-0.1, -0.05) is 18.2 Å². The van der Waals surface area contributed by atoms with Crippen LogP contribution in [0.15, 0.2) is 58.0 Å². The van der Waals surface area contributed by atoms with Crippen molar-refractivity contribution in [2.45, 2.75) is 25.6 Å². The molecule has 2 aliphatic rings. The quantitative estimate of drug-likeness (QED) is 0.617. The second-order valence-electron chi connectivity index (χ2n) is 7.08. The summed E-state index contributed by atoms with van der Waals surface area (Å²) >= 11 is 0. The zero-order chi connectivity index (χ0) is 20.1. The van der Waals surface area contributed by atoms with E-state index in [4.69, 9.17) is 19.0 Å². The van der Waals surface area contributed by atoms with Crippen LogP contribution in [0.2, 0.25) is 0 Å². The predicted octanol–water partition coefficient (Wildman–Crippen LogP) is 5.12. The van der Waals surface area contributed by atoms with Gasteiger partial charge in [-0.3, -0.25) is 0 Å². The lowest BCUT2D eigenvalue weighted by Gasteiger charge is -2.38. The number of hydrazone groups is 1. The van der Waals surface area contributed by atoms with Crippen molar-refractivity contribution in [3.63, 3.8) is 0 Å². The minimum absolute atomic E-state index is 0.146. The van der Waals surface area contributed by atoms with Crippen molar-refractivity contribution in [2.75, 3.05) is 7.11 Å².